The maximum atomic E-state index is 14.5. The fraction of sp³-hybridized carbons (Fsp3) is 0.657. The third-order valence-electron chi connectivity index (χ3n) is 32.2. The van der Waals surface area contributed by atoms with Crippen molar-refractivity contribution in [3.8, 4) is 0 Å². The lowest BCUT2D eigenvalue weighted by Gasteiger charge is -2.44. The van der Waals surface area contributed by atoms with Crippen molar-refractivity contribution in [2.75, 3.05) is 25.0 Å². The van der Waals surface area contributed by atoms with E-state index < -0.39 is 59.6 Å². The minimum Gasteiger partial charge on any atom is -0.393 e. The van der Waals surface area contributed by atoms with Crippen LogP contribution < -0.4 is 0 Å². The third kappa shape index (κ3) is 24.4. The summed E-state index contributed by atoms with van der Waals surface area (Å²) in [7, 11) is -13.0. The van der Waals surface area contributed by atoms with E-state index in [-0.39, 0.29) is 57.9 Å². The Morgan fingerprint density at radius 1 is 0.393 bits per heavy atom. The zero-order valence-electron chi connectivity index (χ0n) is 77.7. The van der Waals surface area contributed by atoms with Gasteiger partial charge in [0, 0.05) is 25.0 Å². The average Bonchev–Trinajstić information content (AvgIpc) is 1.61. The van der Waals surface area contributed by atoms with E-state index >= 15 is 0 Å². The molecule has 0 saturated heterocycles. The van der Waals surface area contributed by atoms with Crippen molar-refractivity contribution in [2.45, 2.75) is 327 Å². The Balaban J connectivity index is 0.000000185. The number of aliphatic hydroxyl groups is 4. The Kier molecular flexibility index (Phi) is 33.9. The zero-order chi connectivity index (χ0) is 90.3. The summed E-state index contributed by atoms with van der Waals surface area (Å²) < 4.78 is 108. The fourth-order valence-corrected chi connectivity index (χ4v) is 24.8. The molecule has 0 spiro atoms. The molecule has 6 unspecified atom stereocenters. The van der Waals surface area contributed by atoms with E-state index in [4.69, 9.17) is 0 Å². The molecule has 0 aromatic heterocycles. The summed E-state index contributed by atoms with van der Waals surface area (Å²) in [6.07, 6.45) is 72.2. The van der Waals surface area contributed by atoms with Gasteiger partial charge in [0.2, 0.25) is 5.00 Å². The first kappa shape index (κ1) is 101. The van der Waals surface area contributed by atoms with Crippen LogP contribution in [-0.4, -0.2) is 124 Å². The molecule has 680 valence electrons. The molecule has 0 amide bonds. The molecule has 0 aromatic rings. The zero-order valence-corrected chi connectivity index (χ0v) is 81.0. The van der Waals surface area contributed by atoms with E-state index in [2.05, 4.69) is 154 Å². The van der Waals surface area contributed by atoms with Crippen LogP contribution in [0.25, 0.3) is 0 Å². The SMILES string of the molecule is C=C1CC[C@H](O)C/C1=C/C=C1\CCCC2(C)C(C(C)/C=C/C(C)(F)S(C)(=O)=O)=CC[C@@H]12.C=C1CC[C@H](O)C/C1=C/C=C1\CCC[C@]2(C)C(C(C)/C=C/C(C)(C)S(C)(=O)=O)=CC[C@@H]12.C=C1CC[C@H](O)C/C1=C/C=C1\CCC[C@]2(C)C([C@@H](C)/C=C/[C@@H](C)S(C)(=O)=O)CC[C@@H]12.C=C1CC[C@H](O)C/C1=C/C=C1\CCC[C@]2(C)C([C@@H](C)/C=C/[C@H](C)S(C)(=O)=O)CC[C@@H]12. The van der Waals surface area contributed by atoms with E-state index in [1.807, 2.05) is 25.2 Å². The van der Waals surface area contributed by atoms with E-state index in [1.54, 1.807) is 44.9 Å². The minimum atomic E-state index is -3.81. The number of halogens is 1. The standard InChI is InChI=1S/C27H40O3S.C26H37FO3S.2C26H40O3S/c1-19-9-12-23(28)18-22(19)11-10-21-8-7-16-27(5)24(13-14-25(21)27)20(2)15-17-26(3,4)31(6,29)30;1-18-8-11-22(28)17-21(18)10-9-20-7-6-15-25(3)23(12-13-24(20)25)19(2)14-16-26(4,27)31(5,29)30;2*1-18-9-13-23(27)17-22(18)12-11-21-7-6-16-26(4)24(14-15-25(21)26)19(2)8-10-20(3)30(5,28)29/h10-11,13,15,17,20,23,25,28H,1,7-9,12,14,16,18H2,2-6H3;9-10,12,14,16,19,22,24,28H,1,6-8,11,13,15,17H2,2-5H3;2*8,10-12,19-20,23-25,27H,1,6-7,9,13-17H2,2-5H3/b17-15+,21-10+,22-11-;16-14+,20-9+,21-10-;2*10-8+,21-11+,22-12-/t20?,23-,25-,27+;19?,22-,24-,25?,26?;19-,20+,23-,24?,25-,26+;19-,20-,23-,24?,25-,26+/m0000/s1. The first-order valence-corrected chi connectivity index (χ1v) is 54.1. The van der Waals surface area contributed by atoms with E-state index in [0.717, 1.165) is 127 Å². The lowest BCUT2D eigenvalue weighted by Crippen LogP contribution is -2.35. The second-order valence-electron chi connectivity index (χ2n) is 41.4. The topological polar surface area (TPSA) is 217 Å². The molecule has 17 heteroatoms. The lowest BCUT2D eigenvalue weighted by molar-refractivity contribution is 0.112. The molecule has 0 heterocycles. The van der Waals surface area contributed by atoms with Gasteiger partial charge in [0.25, 0.3) is 0 Å². The summed E-state index contributed by atoms with van der Waals surface area (Å²) in [6, 6.07) is 0. The summed E-state index contributed by atoms with van der Waals surface area (Å²) in [5.41, 5.74) is 18.9. The van der Waals surface area contributed by atoms with Crippen LogP contribution in [0.4, 0.5) is 4.39 Å². The molecule has 10 saturated carbocycles. The Bertz CT molecular complexity index is 4490. The molecule has 21 atom stereocenters. The molecule has 12 aliphatic rings. The van der Waals surface area contributed by atoms with Crippen molar-refractivity contribution in [1.82, 2.24) is 0 Å². The highest BCUT2D eigenvalue weighted by molar-refractivity contribution is 7.92. The summed E-state index contributed by atoms with van der Waals surface area (Å²) in [4.78, 5) is 0. The number of alkyl halides is 1. The molecule has 122 heavy (non-hydrogen) atoms. The second kappa shape index (κ2) is 41.1. The number of aliphatic hydroxyl groups excluding tert-OH is 4. The van der Waals surface area contributed by atoms with Gasteiger partial charge in [-0.2, -0.15) is 0 Å². The lowest BCUT2D eigenvalue weighted by atomic mass is 9.61. The van der Waals surface area contributed by atoms with Gasteiger partial charge in [-0.3, -0.25) is 0 Å². The molecule has 0 aromatic carbocycles. The van der Waals surface area contributed by atoms with Crippen molar-refractivity contribution in [3.05, 3.63) is 214 Å². The number of sulfone groups is 4. The molecule has 12 rings (SSSR count). The van der Waals surface area contributed by atoms with Gasteiger partial charge in [0.05, 0.1) is 39.7 Å². The quantitative estimate of drug-likeness (QED) is 0.0837. The molecule has 0 bridgehead atoms. The molecular weight excluding hydrogens is 1600 g/mol. The Morgan fingerprint density at radius 2 is 0.689 bits per heavy atom. The average molecular weight is 1760 g/mol. The highest BCUT2D eigenvalue weighted by Crippen LogP contribution is 2.63. The van der Waals surface area contributed by atoms with Gasteiger partial charge in [0.15, 0.2) is 39.3 Å². The van der Waals surface area contributed by atoms with Gasteiger partial charge in [-0.05, 0) is 336 Å². The maximum Gasteiger partial charge on any atom is 0.225 e. The predicted octanol–water partition coefficient (Wildman–Crippen LogP) is 23.7. The van der Waals surface area contributed by atoms with Crippen molar-refractivity contribution >= 4 is 39.3 Å². The molecule has 0 aliphatic heterocycles. The number of fused-ring (bicyclic) bond motifs is 4. The highest BCUT2D eigenvalue weighted by atomic mass is 32.2. The molecular formula is C105H157FO12S4. The van der Waals surface area contributed by atoms with Gasteiger partial charge < -0.3 is 20.4 Å². The summed E-state index contributed by atoms with van der Waals surface area (Å²) >= 11 is 0. The van der Waals surface area contributed by atoms with Gasteiger partial charge in [-0.25, -0.2) is 38.1 Å². The molecule has 0 radical (unpaired) electrons. The Morgan fingerprint density at radius 3 is 0.984 bits per heavy atom. The van der Waals surface area contributed by atoms with Crippen LogP contribution in [0.1, 0.15) is 283 Å². The molecule has 10 fully saturated rings. The smallest absolute Gasteiger partial charge is 0.225 e. The first-order valence-electron chi connectivity index (χ1n) is 46.4. The van der Waals surface area contributed by atoms with Crippen molar-refractivity contribution in [3.63, 3.8) is 0 Å². The van der Waals surface area contributed by atoms with Crippen LogP contribution in [0.2, 0.25) is 0 Å². The fourth-order valence-electron chi connectivity index (χ4n) is 23.3. The largest absolute Gasteiger partial charge is 0.393 e. The molecule has 12 nitrogen and oxygen atoms in total. The van der Waals surface area contributed by atoms with E-state index in [1.165, 1.54) is 158 Å². The van der Waals surface area contributed by atoms with Crippen LogP contribution in [-0.2, 0) is 39.3 Å². The van der Waals surface area contributed by atoms with Crippen molar-refractivity contribution in [2.24, 2.45) is 80.8 Å². The number of allylic oxidation sites excluding steroid dienone is 24. The van der Waals surface area contributed by atoms with Gasteiger partial charge in [-0.15, -0.1) is 0 Å². The molecule has 4 N–H and O–H groups in total. The number of hydrogen-bond donors (Lipinski definition) is 4. The third-order valence-corrected chi connectivity index (χ3v) is 38.8. The summed E-state index contributed by atoms with van der Waals surface area (Å²) in [5.74, 6) is 4.30. The van der Waals surface area contributed by atoms with Crippen LogP contribution in [0.15, 0.2) is 214 Å². The Labute approximate surface area is 739 Å². The van der Waals surface area contributed by atoms with Crippen molar-refractivity contribution in [1.29, 1.82) is 0 Å². The van der Waals surface area contributed by atoms with E-state index in [0.29, 0.717) is 60.2 Å². The van der Waals surface area contributed by atoms with Crippen LogP contribution in [0, 0.1) is 80.8 Å². The second-order valence-corrected chi connectivity index (χ2v) is 51.1. The van der Waals surface area contributed by atoms with Gasteiger partial charge >= 0.3 is 0 Å². The van der Waals surface area contributed by atoms with Crippen LogP contribution >= 0.6 is 0 Å². The van der Waals surface area contributed by atoms with Crippen LogP contribution in [0.3, 0.4) is 0 Å². The summed E-state index contributed by atoms with van der Waals surface area (Å²) in [6.45, 7) is 43.3. The number of rotatable bonds is 20. The Hall–Kier alpha value is -5.11. The van der Waals surface area contributed by atoms with Crippen molar-refractivity contribution < 1.29 is 58.5 Å². The maximum absolute atomic E-state index is 14.5. The van der Waals surface area contributed by atoms with Crippen LogP contribution in [0.5, 0.6) is 0 Å². The van der Waals surface area contributed by atoms with Gasteiger partial charge in [-0.1, -0.05) is 241 Å². The summed E-state index contributed by atoms with van der Waals surface area (Å²) in [5, 5.41) is 36.9. The highest BCUT2D eigenvalue weighted by Gasteiger charge is 2.53. The monoisotopic (exact) mass is 1760 g/mol. The minimum absolute atomic E-state index is 0.00718. The first-order chi connectivity index (χ1) is 56.7. The van der Waals surface area contributed by atoms with Gasteiger partial charge in [0.1, 0.15) is 0 Å². The normalized spacial score (nSPS) is 36.0. The van der Waals surface area contributed by atoms with E-state index in [9.17, 15) is 58.5 Å². The number of hydrogen-bond acceptors (Lipinski definition) is 12. The molecule has 12 aliphatic carbocycles. The predicted molar refractivity (Wildman–Crippen MR) is 508 cm³/mol.